The molecule has 9 heteroatoms. The van der Waals surface area contributed by atoms with Gasteiger partial charge in [0.05, 0.1) is 12.1 Å². The smallest absolute Gasteiger partial charge is 0.293 e. The van der Waals surface area contributed by atoms with Crippen molar-refractivity contribution in [1.29, 1.82) is 0 Å². The first-order valence-electron chi connectivity index (χ1n) is 4.35. The van der Waals surface area contributed by atoms with E-state index in [0.29, 0.717) is 0 Å². The van der Waals surface area contributed by atoms with Crippen molar-refractivity contribution in [1.82, 2.24) is 4.83 Å². The fraction of sp³-hybridized carbons (Fsp3) is 0.250. The average Bonchev–Trinajstić information content (AvgIpc) is 2.45. The van der Waals surface area contributed by atoms with Crippen LogP contribution in [0, 0.1) is 5.82 Å². The van der Waals surface area contributed by atoms with Crippen molar-refractivity contribution >= 4 is 28.6 Å². The minimum absolute atomic E-state index is 0.0966. The maximum absolute atomic E-state index is 13.5. The zero-order chi connectivity index (χ0) is 12.8. The Hall–Kier alpha value is -0.830. The third-order valence-corrected chi connectivity index (χ3v) is 2.97. The van der Waals surface area contributed by atoms with Gasteiger partial charge in [0.1, 0.15) is 10.8 Å². The van der Waals surface area contributed by atoms with E-state index in [4.69, 9.17) is 16.2 Å². The Morgan fingerprint density at radius 2 is 2.18 bits per heavy atom. The molecule has 94 valence electrons. The number of hydrazine groups is 1. The van der Waals surface area contributed by atoms with Gasteiger partial charge in [-0.25, -0.2) is 13.6 Å². The molecular weight excluding hydrogens is 281 g/mol. The van der Waals surface area contributed by atoms with Crippen LogP contribution in [0.5, 0.6) is 0 Å². The van der Waals surface area contributed by atoms with Crippen molar-refractivity contribution in [3.05, 3.63) is 28.5 Å². The van der Waals surface area contributed by atoms with Gasteiger partial charge in [0, 0.05) is 0 Å². The summed E-state index contributed by atoms with van der Waals surface area (Å²) in [6.07, 6.45) is -0.716. The first-order chi connectivity index (χ1) is 7.83. The minimum atomic E-state index is -3.45. The molecular formula is C8H6ClF3N2O2S. The summed E-state index contributed by atoms with van der Waals surface area (Å²) in [4.78, 5) is 1.62. The van der Waals surface area contributed by atoms with E-state index in [1.807, 2.05) is 0 Å². The summed E-state index contributed by atoms with van der Waals surface area (Å²) in [6, 6.07) is -1.32. The molecule has 1 heterocycles. The molecule has 0 fully saturated rings. The van der Waals surface area contributed by atoms with Gasteiger partial charge in [0.15, 0.2) is 0 Å². The van der Waals surface area contributed by atoms with Gasteiger partial charge in [-0.05, 0) is 11.6 Å². The lowest BCUT2D eigenvalue weighted by Crippen LogP contribution is -2.49. The van der Waals surface area contributed by atoms with Gasteiger partial charge in [-0.3, -0.25) is 4.55 Å². The van der Waals surface area contributed by atoms with Crippen LogP contribution in [0.3, 0.4) is 0 Å². The molecule has 1 aliphatic rings. The molecule has 0 aliphatic carbocycles. The van der Waals surface area contributed by atoms with Crippen LogP contribution in [-0.4, -0.2) is 14.8 Å². The number of halogens is 4. The lowest BCUT2D eigenvalue weighted by atomic mass is 10.1. The normalized spacial score (nSPS) is 19.2. The van der Waals surface area contributed by atoms with E-state index < -0.39 is 34.6 Å². The summed E-state index contributed by atoms with van der Waals surface area (Å²) >= 11 is 2.86. The molecule has 0 saturated carbocycles. The summed E-state index contributed by atoms with van der Waals surface area (Å²) in [5, 5.41) is -0.401. The molecule has 17 heavy (non-hydrogen) atoms. The summed E-state index contributed by atoms with van der Waals surface area (Å²) in [6.45, 7) is 0. The number of anilines is 1. The molecule has 1 unspecified atom stereocenters. The van der Waals surface area contributed by atoms with Crippen LogP contribution in [0.15, 0.2) is 12.1 Å². The molecule has 1 aliphatic heterocycles. The van der Waals surface area contributed by atoms with E-state index in [9.17, 15) is 17.4 Å². The van der Waals surface area contributed by atoms with Crippen molar-refractivity contribution < 1.29 is 21.9 Å². The molecule has 0 bridgehead atoms. The maximum atomic E-state index is 13.5. The molecule has 2 rings (SSSR count). The fourth-order valence-electron chi connectivity index (χ4n) is 1.63. The molecule has 2 N–H and O–H groups in total. The van der Waals surface area contributed by atoms with Crippen LogP contribution in [-0.2, 0) is 17.7 Å². The number of alkyl halides is 2. The summed E-state index contributed by atoms with van der Waals surface area (Å²) in [5.74, 6) is -0.876. The van der Waals surface area contributed by atoms with E-state index in [-0.39, 0.29) is 16.3 Å². The number of hydrogen-bond acceptors (Lipinski definition) is 2. The third-order valence-electron chi connectivity index (χ3n) is 2.28. The van der Waals surface area contributed by atoms with Gasteiger partial charge in [-0.1, -0.05) is 17.7 Å². The van der Waals surface area contributed by atoms with Crippen LogP contribution in [0.4, 0.5) is 18.9 Å². The van der Waals surface area contributed by atoms with Crippen molar-refractivity contribution in [3.8, 4) is 0 Å². The highest BCUT2D eigenvalue weighted by Gasteiger charge is 2.47. The molecule has 0 amide bonds. The second kappa shape index (κ2) is 4.13. The van der Waals surface area contributed by atoms with Crippen LogP contribution >= 0.6 is 11.6 Å². The van der Waals surface area contributed by atoms with Gasteiger partial charge in [-0.15, -0.1) is 4.83 Å². The van der Waals surface area contributed by atoms with Crippen molar-refractivity contribution in [2.75, 3.05) is 5.01 Å². The summed E-state index contributed by atoms with van der Waals surface area (Å²) in [7, 11) is 0. The minimum Gasteiger partial charge on any atom is -0.293 e. The highest BCUT2D eigenvalue weighted by molar-refractivity contribution is 7.77. The number of fused-ring (bicyclic) bond motifs is 1. The Morgan fingerprint density at radius 1 is 1.53 bits per heavy atom. The van der Waals surface area contributed by atoms with E-state index in [0.717, 1.165) is 12.1 Å². The van der Waals surface area contributed by atoms with E-state index in [1.54, 1.807) is 4.83 Å². The van der Waals surface area contributed by atoms with Gasteiger partial charge in [0.2, 0.25) is 0 Å². The fourth-order valence-corrected chi connectivity index (χ4v) is 2.28. The van der Waals surface area contributed by atoms with Gasteiger partial charge >= 0.3 is 6.05 Å². The van der Waals surface area contributed by atoms with Crippen LogP contribution in [0.25, 0.3) is 0 Å². The van der Waals surface area contributed by atoms with Crippen molar-refractivity contribution in [2.45, 2.75) is 12.5 Å². The van der Waals surface area contributed by atoms with E-state index >= 15 is 0 Å². The second-order valence-corrected chi connectivity index (χ2v) is 4.45. The second-order valence-electron chi connectivity index (χ2n) is 3.39. The number of nitrogens with one attached hydrogen (secondary N) is 1. The largest absolute Gasteiger partial charge is 0.343 e. The SMILES string of the molecule is O=S(O)NN1c2c(ccc(F)c2Cl)CC1(F)F. The first-order valence-corrected chi connectivity index (χ1v) is 5.83. The molecule has 1 atom stereocenters. The zero-order valence-corrected chi connectivity index (χ0v) is 9.66. The number of rotatable bonds is 2. The van der Waals surface area contributed by atoms with Crippen molar-refractivity contribution in [3.63, 3.8) is 0 Å². The molecule has 1 aromatic rings. The molecule has 0 saturated heterocycles. The van der Waals surface area contributed by atoms with Crippen LogP contribution in [0.1, 0.15) is 5.56 Å². The molecule has 1 aromatic carbocycles. The van der Waals surface area contributed by atoms with Gasteiger partial charge in [0.25, 0.3) is 11.3 Å². The Kier molecular flexibility index (Phi) is 3.06. The van der Waals surface area contributed by atoms with Gasteiger partial charge < -0.3 is 0 Å². The maximum Gasteiger partial charge on any atom is 0.343 e. The molecule has 0 radical (unpaired) electrons. The Balaban J connectivity index is 2.53. The first kappa shape index (κ1) is 12.6. The lowest BCUT2D eigenvalue weighted by molar-refractivity contribution is 0.00296. The van der Waals surface area contributed by atoms with Crippen LogP contribution in [0.2, 0.25) is 5.02 Å². The Bertz CT molecular complexity index is 500. The topological polar surface area (TPSA) is 52.6 Å². The predicted octanol–water partition coefficient (Wildman–Crippen LogP) is 2.08. The highest BCUT2D eigenvalue weighted by atomic mass is 35.5. The quantitative estimate of drug-likeness (QED) is 0.646. The Morgan fingerprint density at radius 3 is 2.76 bits per heavy atom. The zero-order valence-electron chi connectivity index (χ0n) is 8.08. The highest BCUT2D eigenvalue weighted by Crippen LogP contribution is 2.44. The van der Waals surface area contributed by atoms with Crippen molar-refractivity contribution in [2.24, 2.45) is 0 Å². The lowest BCUT2D eigenvalue weighted by Gasteiger charge is -2.25. The number of hydrogen-bond donors (Lipinski definition) is 2. The number of nitrogens with zero attached hydrogens (tertiary/aromatic N) is 1. The van der Waals surface area contributed by atoms with E-state index in [2.05, 4.69) is 0 Å². The average molecular weight is 287 g/mol. The summed E-state index contributed by atoms with van der Waals surface area (Å²) < 4.78 is 59.3. The monoisotopic (exact) mass is 286 g/mol. The molecule has 0 spiro atoms. The van der Waals surface area contributed by atoms with Gasteiger partial charge in [-0.2, -0.15) is 8.78 Å². The summed E-state index contributed by atoms with van der Waals surface area (Å²) in [5.41, 5.74) is -0.224. The predicted molar refractivity (Wildman–Crippen MR) is 56.4 cm³/mol. The van der Waals surface area contributed by atoms with Crippen LogP contribution < -0.4 is 9.84 Å². The Labute approximate surface area is 102 Å². The molecule has 0 aromatic heterocycles. The van der Waals surface area contributed by atoms with E-state index in [1.165, 1.54) is 0 Å². The number of benzene rings is 1. The third kappa shape index (κ3) is 2.13. The standard InChI is InChI=1S/C8H6ClF3N2O2S/c9-6-5(10)2-1-4-3-8(11,12)14(7(4)6)13-17(15)16/h1-2,13H,3H2,(H,15,16). The molecule has 4 nitrogen and oxygen atoms in total.